The van der Waals surface area contributed by atoms with Gasteiger partial charge in [-0.25, -0.2) is 0 Å². The number of nitrogens with two attached hydrogens (primary N) is 1. The molecule has 1 aromatic rings. The molecule has 2 unspecified atom stereocenters. The molecule has 0 aliphatic carbocycles. The molecule has 2 atom stereocenters. The summed E-state index contributed by atoms with van der Waals surface area (Å²) in [4.78, 5) is 0. The largest absolute Gasteiger partial charge is 0.493 e. The van der Waals surface area contributed by atoms with Gasteiger partial charge in [-0.15, -0.1) is 0 Å². The number of aliphatic hydroxyl groups excluding tert-OH is 1. The standard InChI is InChI=1S/C15H25NO3/c1-4-19-14-6-5-13(8-15(14)18-3)11(2)7-12(9-16)10-17/h5-6,8,11-12,17H,4,7,9-10,16H2,1-3H3. The minimum absolute atomic E-state index is 0.134. The Morgan fingerprint density at radius 2 is 2.05 bits per heavy atom. The average molecular weight is 267 g/mol. The van der Waals surface area contributed by atoms with E-state index in [4.69, 9.17) is 15.2 Å². The van der Waals surface area contributed by atoms with E-state index in [9.17, 15) is 5.11 Å². The Morgan fingerprint density at radius 1 is 1.32 bits per heavy atom. The monoisotopic (exact) mass is 267 g/mol. The number of benzene rings is 1. The second-order valence-electron chi connectivity index (χ2n) is 4.76. The molecule has 0 aliphatic heterocycles. The van der Waals surface area contributed by atoms with Crippen LogP contribution < -0.4 is 15.2 Å². The summed E-state index contributed by atoms with van der Waals surface area (Å²) in [6, 6.07) is 5.98. The summed E-state index contributed by atoms with van der Waals surface area (Å²) in [7, 11) is 1.64. The summed E-state index contributed by atoms with van der Waals surface area (Å²) in [5.41, 5.74) is 6.80. The molecule has 108 valence electrons. The second kappa shape index (κ2) is 8.02. The van der Waals surface area contributed by atoms with Crippen molar-refractivity contribution in [3.8, 4) is 11.5 Å². The quantitative estimate of drug-likeness (QED) is 0.757. The van der Waals surface area contributed by atoms with E-state index in [-0.39, 0.29) is 12.5 Å². The molecule has 0 radical (unpaired) electrons. The Labute approximate surface area is 115 Å². The summed E-state index contributed by atoms with van der Waals surface area (Å²) in [6.07, 6.45) is 0.865. The predicted octanol–water partition coefficient (Wildman–Crippen LogP) is 2.15. The molecule has 0 bridgehead atoms. The van der Waals surface area contributed by atoms with Gasteiger partial charge in [0.2, 0.25) is 0 Å². The molecule has 0 saturated heterocycles. The van der Waals surface area contributed by atoms with Crippen LogP contribution in [0.15, 0.2) is 18.2 Å². The van der Waals surface area contributed by atoms with E-state index in [2.05, 4.69) is 6.92 Å². The normalized spacial score (nSPS) is 13.9. The Balaban J connectivity index is 2.83. The first-order valence-electron chi connectivity index (χ1n) is 6.77. The molecule has 0 spiro atoms. The van der Waals surface area contributed by atoms with Crippen molar-refractivity contribution in [2.24, 2.45) is 11.7 Å². The fraction of sp³-hybridized carbons (Fsp3) is 0.600. The van der Waals surface area contributed by atoms with E-state index < -0.39 is 0 Å². The topological polar surface area (TPSA) is 64.7 Å². The Kier molecular flexibility index (Phi) is 6.67. The zero-order chi connectivity index (χ0) is 14.3. The Morgan fingerprint density at radius 3 is 2.58 bits per heavy atom. The maximum Gasteiger partial charge on any atom is 0.161 e. The van der Waals surface area contributed by atoms with Crippen LogP contribution in [0, 0.1) is 5.92 Å². The lowest BCUT2D eigenvalue weighted by Crippen LogP contribution is -2.20. The highest BCUT2D eigenvalue weighted by Crippen LogP contribution is 2.32. The van der Waals surface area contributed by atoms with E-state index in [1.54, 1.807) is 7.11 Å². The van der Waals surface area contributed by atoms with Gasteiger partial charge in [-0.3, -0.25) is 0 Å². The van der Waals surface area contributed by atoms with Crippen LogP contribution >= 0.6 is 0 Å². The van der Waals surface area contributed by atoms with Crippen LogP contribution in [0.5, 0.6) is 11.5 Å². The number of hydrogen-bond donors (Lipinski definition) is 2. The molecule has 0 heterocycles. The Bertz CT molecular complexity index is 378. The zero-order valence-electron chi connectivity index (χ0n) is 12.1. The van der Waals surface area contributed by atoms with Crippen LogP contribution in [-0.2, 0) is 0 Å². The summed E-state index contributed by atoms with van der Waals surface area (Å²) in [5.74, 6) is 1.98. The van der Waals surface area contributed by atoms with Crippen molar-refractivity contribution in [1.29, 1.82) is 0 Å². The van der Waals surface area contributed by atoms with Gasteiger partial charge in [-0.2, -0.15) is 0 Å². The van der Waals surface area contributed by atoms with Crippen molar-refractivity contribution in [3.63, 3.8) is 0 Å². The smallest absolute Gasteiger partial charge is 0.161 e. The molecule has 0 aromatic heterocycles. The van der Waals surface area contributed by atoms with Gasteiger partial charge in [-0.05, 0) is 49.4 Å². The molecular formula is C15H25NO3. The van der Waals surface area contributed by atoms with Crippen molar-refractivity contribution in [3.05, 3.63) is 23.8 Å². The molecule has 0 fully saturated rings. The van der Waals surface area contributed by atoms with Crippen molar-refractivity contribution in [2.75, 3.05) is 26.9 Å². The van der Waals surface area contributed by atoms with Crippen molar-refractivity contribution < 1.29 is 14.6 Å². The van der Waals surface area contributed by atoms with Gasteiger partial charge in [0.05, 0.1) is 13.7 Å². The third-order valence-corrected chi connectivity index (χ3v) is 3.33. The van der Waals surface area contributed by atoms with Crippen molar-refractivity contribution in [1.82, 2.24) is 0 Å². The van der Waals surface area contributed by atoms with Crippen LogP contribution in [0.4, 0.5) is 0 Å². The first-order valence-corrected chi connectivity index (χ1v) is 6.77. The molecular weight excluding hydrogens is 242 g/mol. The molecule has 4 heteroatoms. The lowest BCUT2D eigenvalue weighted by molar-refractivity contribution is 0.217. The third-order valence-electron chi connectivity index (χ3n) is 3.33. The summed E-state index contributed by atoms with van der Waals surface area (Å²) >= 11 is 0. The molecule has 3 N–H and O–H groups in total. The number of rotatable bonds is 8. The second-order valence-corrected chi connectivity index (χ2v) is 4.76. The molecule has 19 heavy (non-hydrogen) atoms. The van der Waals surface area contributed by atoms with Crippen LogP contribution in [0.2, 0.25) is 0 Å². The number of hydrogen-bond acceptors (Lipinski definition) is 4. The van der Waals surface area contributed by atoms with Crippen LogP contribution in [0.1, 0.15) is 31.7 Å². The van der Waals surface area contributed by atoms with Gasteiger partial charge in [0.1, 0.15) is 0 Å². The molecule has 0 amide bonds. The van der Waals surface area contributed by atoms with E-state index >= 15 is 0 Å². The number of aliphatic hydroxyl groups is 1. The van der Waals surface area contributed by atoms with E-state index in [0.29, 0.717) is 19.1 Å². The minimum atomic E-state index is 0.134. The predicted molar refractivity (Wildman–Crippen MR) is 76.8 cm³/mol. The van der Waals surface area contributed by atoms with E-state index in [1.165, 1.54) is 5.56 Å². The minimum Gasteiger partial charge on any atom is -0.493 e. The van der Waals surface area contributed by atoms with Gasteiger partial charge in [0, 0.05) is 6.61 Å². The van der Waals surface area contributed by atoms with Gasteiger partial charge < -0.3 is 20.3 Å². The number of methoxy groups -OCH3 is 1. The van der Waals surface area contributed by atoms with Crippen LogP contribution in [0.3, 0.4) is 0 Å². The first-order chi connectivity index (χ1) is 9.15. The third kappa shape index (κ3) is 4.40. The maximum atomic E-state index is 9.21. The highest BCUT2D eigenvalue weighted by Gasteiger charge is 2.15. The first kappa shape index (κ1) is 15.8. The molecule has 0 aliphatic rings. The molecule has 1 rings (SSSR count). The lowest BCUT2D eigenvalue weighted by atomic mass is 9.90. The summed E-state index contributed by atoms with van der Waals surface area (Å²) in [6.45, 7) is 5.34. The highest BCUT2D eigenvalue weighted by atomic mass is 16.5. The molecule has 1 aromatic carbocycles. The van der Waals surface area contributed by atoms with Crippen LogP contribution in [-0.4, -0.2) is 32.0 Å². The van der Waals surface area contributed by atoms with Gasteiger partial charge in [0.15, 0.2) is 11.5 Å². The summed E-state index contributed by atoms with van der Waals surface area (Å²) in [5, 5.41) is 9.21. The van der Waals surface area contributed by atoms with E-state index in [1.807, 2.05) is 25.1 Å². The van der Waals surface area contributed by atoms with Gasteiger partial charge in [0.25, 0.3) is 0 Å². The average Bonchev–Trinajstić information content (AvgIpc) is 2.45. The van der Waals surface area contributed by atoms with Gasteiger partial charge >= 0.3 is 0 Å². The van der Waals surface area contributed by atoms with Crippen molar-refractivity contribution >= 4 is 0 Å². The van der Waals surface area contributed by atoms with Crippen LogP contribution in [0.25, 0.3) is 0 Å². The Hall–Kier alpha value is -1.26. The molecule has 4 nitrogen and oxygen atoms in total. The molecule has 0 saturated carbocycles. The fourth-order valence-electron chi connectivity index (χ4n) is 2.15. The SMILES string of the molecule is CCOc1ccc(C(C)CC(CN)CO)cc1OC. The maximum absolute atomic E-state index is 9.21. The van der Waals surface area contributed by atoms with E-state index in [0.717, 1.165) is 17.9 Å². The summed E-state index contributed by atoms with van der Waals surface area (Å²) < 4.78 is 10.8. The lowest BCUT2D eigenvalue weighted by Gasteiger charge is -2.19. The van der Waals surface area contributed by atoms with Gasteiger partial charge in [-0.1, -0.05) is 13.0 Å². The zero-order valence-corrected chi connectivity index (χ0v) is 12.1. The highest BCUT2D eigenvalue weighted by molar-refractivity contribution is 5.43. The van der Waals surface area contributed by atoms with Crippen molar-refractivity contribution in [2.45, 2.75) is 26.2 Å². The fourth-order valence-corrected chi connectivity index (χ4v) is 2.15. The number of ether oxygens (including phenoxy) is 2.